The predicted molar refractivity (Wildman–Crippen MR) is 77.0 cm³/mol. The van der Waals surface area contributed by atoms with Crippen LogP contribution in [0.2, 0.25) is 0 Å². The van der Waals surface area contributed by atoms with Crippen molar-refractivity contribution < 1.29 is 15.0 Å². The van der Waals surface area contributed by atoms with Crippen LogP contribution in [0.15, 0.2) is 52.4 Å². The van der Waals surface area contributed by atoms with E-state index in [0.29, 0.717) is 17.0 Å². The van der Waals surface area contributed by atoms with Gasteiger partial charge in [0.2, 0.25) is 5.97 Å². The van der Waals surface area contributed by atoms with Crippen molar-refractivity contribution in [3.05, 3.63) is 58.8 Å². The Morgan fingerprint density at radius 1 is 1.38 bits per heavy atom. The lowest BCUT2D eigenvalue weighted by Gasteiger charge is -2.17. The van der Waals surface area contributed by atoms with Gasteiger partial charge >= 0.3 is 0 Å². The smallest absolute Gasteiger partial charge is 0.257 e. The molecule has 0 bridgehead atoms. The highest BCUT2D eigenvalue weighted by molar-refractivity contribution is 6.18. The van der Waals surface area contributed by atoms with E-state index >= 15 is 0 Å². The van der Waals surface area contributed by atoms with Crippen LogP contribution in [-0.4, -0.2) is 17.6 Å². The summed E-state index contributed by atoms with van der Waals surface area (Å²) < 4.78 is 26.1. The summed E-state index contributed by atoms with van der Waals surface area (Å²) in [4.78, 5) is 15.3. The highest BCUT2D eigenvalue weighted by atomic mass is 19.1. The molecular formula is C14H14F2N4O. The molecule has 110 valence electrons. The van der Waals surface area contributed by atoms with Gasteiger partial charge in [0.25, 0.3) is 5.91 Å². The number of primary amides is 1. The number of carbonyl (C=O) groups excluding carboxylic acids is 1. The molecule has 4 N–H and O–H groups in total. The van der Waals surface area contributed by atoms with Crippen LogP contribution in [-0.2, 0) is 4.79 Å². The Balaban J connectivity index is 0.00000242. The molecule has 1 heterocycles. The van der Waals surface area contributed by atoms with Crippen LogP contribution < -0.4 is 11.1 Å². The van der Waals surface area contributed by atoms with Gasteiger partial charge in [0.15, 0.2) is 0 Å². The van der Waals surface area contributed by atoms with Gasteiger partial charge in [-0.15, -0.1) is 0 Å². The van der Waals surface area contributed by atoms with Crippen LogP contribution in [0.25, 0.3) is 0 Å². The van der Waals surface area contributed by atoms with E-state index in [1.54, 1.807) is 13.0 Å². The van der Waals surface area contributed by atoms with Crippen LogP contribution in [0.3, 0.4) is 0 Å². The largest absolute Gasteiger partial charge is 0.365 e. The SMILES string of the molecule is CC1=CC(c2ccc(F)cc2)=N/C(=C(/C(=N)F)C(N)=O)N1.[HH]. The number of amides is 1. The van der Waals surface area contributed by atoms with E-state index in [1.165, 1.54) is 24.3 Å². The lowest BCUT2D eigenvalue weighted by Crippen LogP contribution is -2.27. The second kappa shape index (κ2) is 5.66. The van der Waals surface area contributed by atoms with Crippen molar-refractivity contribution in [3.8, 4) is 0 Å². The van der Waals surface area contributed by atoms with Gasteiger partial charge in [-0.2, -0.15) is 4.39 Å². The second-order valence-corrected chi connectivity index (χ2v) is 4.36. The lowest BCUT2D eigenvalue weighted by atomic mass is 10.1. The molecule has 0 atom stereocenters. The van der Waals surface area contributed by atoms with Crippen molar-refractivity contribution in [1.29, 1.82) is 5.41 Å². The minimum absolute atomic E-state index is 0. The van der Waals surface area contributed by atoms with Gasteiger partial charge in [-0.05, 0) is 37.3 Å². The van der Waals surface area contributed by atoms with E-state index in [4.69, 9.17) is 11.1 Å². The third-order valence-corrected chi connectivity index (χ3v) is 2.74. The van der Waals surface area contributed by atoms with E-state index in [0.717, 1.165) is 0 Å². The van der Waals surface area contributed by atoms with Crippen molar-refractivity contribution in [3.63, 3.8) is 0 Å². The molecule has 0 aliphatic carbocycles. The number of halogens is 2. The molecule has 0 unspecified atom stereocenters. The topological polar surface area (TPSA) is 91.3 Å². The van der Waals surface area contributed by atoms with Gasteiger partial charge in [0.1, 0.15) is 17.2 Å². The maximum absolute atomic E-state index is 13.2. The van der Waals surface area contributed by atoms with Gasteiger partial charge in [-0.3, -0.25) is 10.2 Å². The lowest BCUT2D eigenvalue weighted by molar-refractivity contribution is -0.114. The molecule has 0 fully saturated rings. The summed E-state index contributed by atoms with van der Waals surface area (Å²) in [5, 5.41) is 9.67. The first-order chi connectivity index (χ1) is 9.88. The zero-order valence-electron chi connectivity index (χ0n) is 11.1. The molecule has 0 aromatic heterocycles. The molecule has 7 heteroatoms. The minimum Gasteiger partial charge on any atom is -0.365 e. The van der Waals surface area contributed by atoms with Crippen LogP contribution in [0.5, 0.6) is 0 Å². The molecular weight excluding hydrogens is 278 g/mol. The number of hydrogen-bond acceptors (Lipinski definition) is 4. The van der Waals surface area contributed by atoms with Crippen LogP contribution in [0.4, 0.5) is 8.78 Å². The fraction of sp³-hybridized carbons (Fsp3) is 0.0714. The number of nitrogens with one attached hydrogen (secondary N) is 2. The van der Waals surface area contributed by atoms with Gasteiger partial charge in [-0.25, -0.2) is 9.38 Å². The van der Waals surface area contributed by atoms with E-state index < -0.39 is 23.3 Å². The average molecular weight is 292 g/mol. The Morgan fingerprint density at radius 3 is 2.52 bits per heavy atom. The monoisotopic (exact) mass is 292 g/mol. The summed E-state index contributed by atoms with van der Waals surface area (Å²) in [6, 6.07) is 5.54. The number of aliphatic imine (C=N–C) groups is 1. The Hall–Kier alpha value is -2.83. The Bertz CT molecular complexity index is 692. The Morgan fingerprint density at radius 2 is 2.00 bits per heavy atom. The summed E-state index contributed by atoms with van der Waals surface area (Å²) >= 11 is 0. The Kier molecular flexibility index (Phi) is 3.93. The zero-order valence-corrected chi connectivity index (χ0v) is 11.1. The first-order valence-electron chi connectivity index (χ1n) is 5.97. The number of benzene rings is 1. The number of hydrogen-bond donors (Lipinski definition) is 3. The number of nitrogens with zero attached hydrogens (tertiary/aromatic N) is 1. The summed E-state index contributed by atoms with van der Waals surface area (Å²) in [6.07, 6.45) is 1.65. The van der Waals surface area contributed by atoms with Crippen molar-refractivity contribution in [2.45, 2.75) is 6.92 Å². The molecule has 21 heavy (non-hydrogen) atoms. The molecule has 1 aliphatic rings. The fourth-order valence-corrected chi connectivity index (χ4v) is 1.82. The van der Waals surface area contributed by atoms with Gasteiger partial charge in [-0.1, -0.05) is 0 Å². The van der Waals surface area contributed by atoms with Crippen LogP contribution >= 0.6 is 0 Å². The third-order valence-electron chi connectivity index (χ3n) is 2.74. The molecule has 5 nitrogen and oxygen atoms in total. The van der Waals surface area contributed by atoms with E-state index in [1.807, 2.05) is 0 Å². The standard InChI is InChI=1S/C14H12F2N4O.H2/c1-7-6-10(8-2-4-9(15)5-3-8)20-14(19-7)11(12(16)17)13(18)21;/h2-6,17,19H,1H3,(H2,18,21);1H/b14-11-,17-12?;. The molecule has 0 saturated heterocycles. The first kappa shape index (κ1) is 14.6. The third kappa shape index (κ3) is 3.19. The number of carbonyl (C=O) groups is 1. The van der Waals surface area contributed by atoms with Crippen LogP contribution in [0, 0.1) is 11.2 Å². The van der Waals surface area contributed by atoms with Gasteiger partial charge in [0, 0.05) is 12.7 Å². The summed E-state index contributed by atoms with van der Waals surface area (Å²) in [6.45, 7) is 1.68. The maximum atomic E-state index is 13.2. The zero-order chi connectivity index (χ0) is 15.6. The Labute approximate surface area is 120 Å². The average Bonchev–Trinajstić information content (AvgIpc) is 2.37. The van der Waals surface area contributed by atoms with E-state index in [2.05, 4.69) is 10.3 Å². The molecule has 2 rings (SSSR count). The molecule has 0 spiro atoms. The minimum atomic E-state index is -1.47. The summed E-state index contributed by atoms with van der Waals surface area (Å²) in [5.74, 6) is -3.11. The van der Waals surface area contributed by atoms with Crippen molar-refractivity contribution >= 4 is 17.6 Å². The van der Waals surface area contributed by atoms with E-state index in [-0.39, 0.29) is 7.25 Å². The molecule has 0 saturated carbocycles. The summed E-state index contributed by atoms with van der Waals surface area (Å²) in [7, 11) is 0. The molecule has 1 aromatic rings. The van der Waals surface area contributed by atoms with Crippen molar-refractivity contribution in [2.24, 2.45) is 10.7 Å². The van der Waals surface area contributed by atoms with Crippen molar-refractivity contribution in [2.75, 3.05) is 0 Å². The predicted octanol–water partition coefficient (Wildman–Crippen LogP) is 2.01. The van der Waals surface area contributed by atoms with Crippen molar-refractivity contribution in [1.82, 2.24) is 5.32 Å². The van der Waals surface area contributed by atoms with Crippen LogP contribution in [0.1, 0.15) is 13.9 Å². The fourth-order valence-electron chi connectivity index (χ4n) is 1.82. The first-order valence-corrected chi connectivity index (χ1v) is 5.97. The molecule has 1 aromatic carbocycles. The number of rotatable bonds is 3. The number of nitrogens with two attached hydrogens (primary N) is 1. The molecule has 1 amide bonds. The molecule has 0 radical (unpaired) electrons. The quantitative estimate of drug-likeness (QED) is 0.587. The second-order valence-electron chi connectivity index (χ2n) is 4.36. The number of allylic oxidation sites excluding steroid dienone is 2. The highest BCUT2D eigenvalue weighted by Crippen LogP contribution is 2.16. The van der Waals surface area contributed by atoms with E-state index in [9.17, 15) is 13.6 Å². The summed E-state index contributed by atoms with van der Waals surface area (Å²) in [5.41, 5.74) is 6.00. The molecule has 1 aliphatic heterocycles. The highest BCUT2D eigenvalue weighted by Gasteiger charge is 2.21. The van der Waals surface area contributed by atoms with Gasteiger partial charge in [0.05, 0.1) is 5.71 Å². The maximum Gasteiger partial charge on any atom is 0.257 e. The normalized spacial score (nSPS) is 16.5. The van der Waals surface area contributed by atoms with Gasteiger partial charge < -0.3 is 11.1 Å².